The number of hydrogen-bond donors (Lipinski definition) is 0. The summed E-state index contributed by atoms with van der Waals surface area (Å²) in [6.45, 7) is 2.46. The molecule has 0 aliphatic carbocycles. The molecule has 3 heteroatoms. The first-order chi connectivity index (χ1) is 6.31. The highest BCUT2D eigenvalue weighted by Crippen LogP contribution is 1.92. The largest absolute Gasteiger partial charge is 0.234 e. The van der Waals surface area contributed by atoms with Crippen molar-refractivity contribution in [2.45, 2.75) is 6.92 Å². The Morgan fingerprint density at radius 2 is 2.00 bits per heavy atom. The van der Waals surface area contributed by atoms with E-state index >= 15 is 0 Å². The molecule has 2 nitrogen and oxygen atoms in total. The molecule has 0 heterocycles. The van der Waals surface area contributed by atoms with Crippen LogP contribution >= 0.6 is 11.6 Å². The molecule has 1 rings (SSSR count). The highest BCUT2D eigenvalue weighted by molar-refractivity contribution is 6.18. The Morgan fingerprint density at radius 3 is 2.23 bits per heavy atom. The summed E-state index contributed by atoms with van der Waals surface area (Å²) in [7, 11) is 0. The van der Waals surface area contributed by atoms with Gasteiger partial charge < -0.3 is 0 Å². The highest BCUT2D eigenvalue weighted by atomic mass is 35.5. The highest BCUT2D eigenvalue weighted by Gasteiger charge is 1.72. The number of isocyanates is 1. The Kier molecular flexibility index (Phi) is 8.21. The van der Waals surface area contributed by atoms with Crippen LogP contribution in [-0.2, 0) is 4.79 Å². The van der Waals surface area contributed by atoms with E-state index in [1.165, 1.54) is 11.6 Å². The number of hydrogen-bond acceptors (Lipinski definition) is 2. The SMILES string of the molecule is Cc1ccccc1.O=C=NCCCl. The van der Waals surface area contributed by atoms with Gasteiger partial charge in [0.15, 0.2) is 0 Å². The van der Waals surface area contributed by atoms with Gasteiger partial charge in [-0.05, 0) is 6.92 Å². The molecule has 0 saturated carbocycles. The average Bonchev–Trinajstić information content (AvgIpc) is 2.17. The lowest BCUT2D eigenvalue weighted by atomic mass is 10.2. The van der Waals surface area contributed by atoms with Crippen molar-refractivity contribution in [1.29, 1.82) is 0 Å². The van der Waals surface area contributed by atoms with E-state index in [4.69, 9.17) is 11.6 Å². The lowest BCUT2D eigenvalue weighted by Crippen LogP contribution is -1.75. The molecule has 1 aromatic rings. The minimum Gasteiger partial charge on any atom is -0.211 e. The van der Waals surface area contributed by atoms with Crippen molar-refractivity contribution in [3.05, 3.63) is 35.9 Å². The monoisotopic (exact) mass is 197 g/mol. The summed E-state index contributed by atoms with van der Waals surface area (Å²) in [5.74, 6) is 0.398. The fraction of sp³-hybridized carbons (Fsp3) is 0.300. The summed E-state index contributed by atoms with van der Waals surface area (Å²) in [4.78, 5) is 12.4. The first-order valence-corrected chi connectivity index (χ1v) is 4.46. The Hall–Kier alpha value is -1.11. The summed E-state index contributed by atoms with van der Waals surface area (Å²) in [5.41, 5.74) is 1.32. The zero-order valence-corrected chi connectivity index (χ0v) is 8.29. The number of carbonyl (C=O) groups excluding carboxylic acids is 1. The van der Waals surface area contributed by atoms with E-state index < -0.39 is 0 Å². The van der Waals surface area contributed by atoms with Gasteiger partial charge >= 0.3 is 0 Å². The topological polar surface area (TPSA) is 29.4 Å². The van der Waals surface area contributed by atoms with E-state index in [2.05, 4.69) is 24.0 Å². The van der Waals surface area contributed by atoms with Crippen LogP contribution in [0.3, 0.4) is 0 Å². The molecule has 0 aliphatic heterocycles. The van der Waals surface area contributed by atoms with Crippen molar-refractivity contribution in [2.24, 2.45) is 4.99 Å². The summed E-state index contributed by atoms with van der Waals surface area (Å²) < 4.78 is 0. The van der Waals surface area contributed by atoms with Crippen LogP contribution in [-0.4, -0.2) is 18.5 Å². The molecule has 0 spiro atoms. The smallest absolute Gasteiger partial charge is 0.211 e. The zero-order chi connectivity index (χ0) is 9.94. The van der Waals surface area contributed by atoms with E-state index in [0.29, 0.717) is 12.4 Å². The predicted octanol–water partition coefficient (Wildman–Crippen LogP) is 2.56. The third-order valence-electron chi connectivity index (χ3n) is 1.20. The summed E-state index contributed by atoms with van der Waals surface area (Å²) in [5, 5.41) is 0. The van der Waals surface area contributed by atoms with Gasteiger partial charge in [-0.1, -0.05) is 35.9 Å². The number of aliphatic imine (C=N–C) groups is 1. The Morgan fingerprint density at radius 1 is 1.38 bits per heavy atom. The maximum atomic E-state index is 9.21. The molecule has 0 atom stereocenters. The van der Waals surface area contributed by atoms with Crippen molar-refractivity contribution in [2.75, 3.05) is 12.4 Å². The Bertz CT molecular complexity index is 255. The van der Waals surface area contributed by atoms with Crippen LogP contribution in [0.4, 0.5) is 0 Å². The van der Waals surface area contributed by atoms with Crippen molar-refractivity contribution >= 4 is 17.7 Å². The molecule has 0 saturated heterocycles. The van der Waals surface area contributed by atoms with Crippen LogP contribution < -0.4 is 0 Å². The van der Waals surface area contributed by atoms with Gasteiger partial charge in [0.25, 0.3) is 0 Å². The lowest BCUT2D eigenvalue weighted by Gasteiger charge is -1.82. The first kappa shape index (κ1) is 11.9. The second kappa shape index (κ2) is 8.98. The number of aryl methyl sites for hydroxylation is 1. The van der Waals surface area contributed by atoms with Gasteiger partial charge in [0.1, 0.15) is 0 Å². The Balaban J connectivity index is 0.000000226. The molecule has 0 bridgehead atoms. The van der Waals surface area contributed by atoms with Crippen LogP contribution in [0.2, 0.25) is 0 Å². The maximum Gasteiger partial charge on any atom is 0.234 e. The minimum absolute atomic E-state index is 0.380. The fourth-order valence-corrected chi connectivity index (χ4v) is 0.707. The number of rotatable bonds is 2. The van der Waals surface area contributed by atoms with Crippen LogP contribution in [0, 0.1) is 6.92 Å². The second-order valence-electron chi connectivity index (χ2n) is 2.32. The quantitative estimate of drug-likeness (QED) is 0.407. The molecule has 70 valence electrons. The van der Waals surface area contributed by atoms with Gasteiger partial charge in [-0.15, -0.1) is 11.6 Å². The maximum absolute atomic E-state index is 9.21. The van der Waals surface area contributed by atoms with Gasteiger partial charge in [0.05, 0.1) is 6.54 Å². The number of nitrogens with zero attached hydrogens (tertiary/aromatic N) is 1. The summed E-state index contributed by atoms with van der Waals surface area (Å²) in [6, 6.07) is 10.3. The molecule has 0 aliphatic rings. The molecule has 0 amide bonds. The van der Waals surface area contributed by atoms with Crippen molar-refractivity contribution in [1.82, 2.24) is 0 Å². The molecule has 0 aromatic heterocycles. The van der Waals surface area contributed by atoms with Crippen LogP contribution in [0.1, 0.15) is 5.56 Å². The molecule has 1 aromatic carbocycles. The average molecular weight is 198 g/mol. The van der Waals surface area contributed by atoms with Gasteiger partial charge in [-0.25, -0.2) is 9.79 Å². The summed E-state index contributed by atoms with van der Waals surface area (Å²) >= 11 is 5.11. The number of halogens is 1. The Labute approximate surface area is 83.3 Å². The van der Waals surface area contributed by atoms with Crippen molar-refractivity contribution < 1.29 is 4.79 Å². The predicted molar refractivity (Wildman–Crippen MR) is 54.9 cm³/mol. The molecule has 0 fully saturated rings. The zero-order valence-electron chi connectivity index (χ0n) is 7.53. The molecular weight excluding hydrogens is 186 g/mol. The third-order valence-corrected chi connectivity index (χ3v) is 1.37. The number of benzene rings is 1. The van der Waals surface area contributed by atoms with E-state index in [-0.39, 0.29) is 0 Å². The van der Waals surface area contributed by atoms with Crippen LogP contribution in [0.15, 0.2) is 35.3 Å². The van der Waals surface area contributed by atoms with E-state index in [9.17, 15) is 4.79 Å². The first-order valence-electron chi connectivity index (χ1n) is 3.92. The van der Waals surface area contributed by atoms with Crippen molar-refractivity contribution in [3.8, 4) is 0 Å². The lowest BCUT2D eigenvalue weighted by molar-refractivity contribution is 0.563. The standard InChI is InChI=1S/C7H8.C3H4ClNO/c1-7-5-3-2-4-6-7;4-1-2-5-3-6/h2-6H,1H3;1-2H2. The third kappa shape index (κ3) is 8.80. The minimum atomic E-state index is 0.380. The molecule has 0 unspecified atom stereocenters. The second-order valence-corrected chi connectivity index (χ2v) is 2.69. The van der Waals surface area contributed by atoms with Crippen LogP contribution in [0.25, 0.3) is 0 Å². The number of alkyl halides is 1. The molecule has 13 heavy (non-hydrogen) atoms. The van der Waals surface area contributed by atoms with E-state index in [0.717, 1.165) is 0 Å². The normalized spacial score (nSPS) is 7.85. The summed E-state index contributed by atoms with van der Waals surface area (Å²) in [6.07, 6.45) is 1.36. The molecule has 0 N–H and O–H groups in total. The molecule has 0 radical (unpaired) electrons. The van der Waals surface area contributed by atoms with Crippen molar-refractivity contribution in [3.63, 3.8) is 0 Å². The van der Waals surface area contributed by atoms with Gasteiger partial charge in [-0.3, -0.25) is 0 Å². The van der Waals surface area contributed by atoms with Gasteiger partial charge in [0.2, 0.25) is 6.08 Å². The van der Waals surface area contributed by atoms with Gasteiger partial charge in [-0.2, -0.15) is 0 Å². The van der Waals surface area contributed by atoms with Gasteiger partial charge in [0, 0.05) is 5.88 Å². The van der Waals surface area contributed by atoms with E-state index in [1.54, 1.807) is 0 Å². The molecular formula is C10H12ClNO. The van der Waals surface area contributed by atoms with Crippen LogP contribution in [0.5, 0.6) is 0 Å². The fourth-order valence-electron chi connectivity index (χ4n) is 0.622. The van der Waals surface area contributed by atoms with E-state index in [1.807, 2.05) is 18.2 Å².